The van der Waals surface area contributed by atoms with E-state index in [9.17, 15) is 9.59 Å². The summed E-state index contributed by atoms with van der Waals surface area (Å²) in [5.41, 5.74) is 4.19. The molecule has 0 saturated heterocycles. The monoisotopic (exact) mass is 169 g/mol. The van der Waals surface area contributed by atoms with Crippen molar-refractivity contribution in [2.45, 2.75) is 19.9 Å². The lowest BCUT2D eigenvalue weighted by Gasteiger charge is -2.17. The Morgan fingerprint density at radius 1 is 1.25 bits per heavy atom. The minimum atomic E-state index is -0.818. The molecule has 0 amide bonds. The average Bonchev–Trinajstić information content (AvgIpc) is 2.03. The van der Waals surface area contributed by atoms with Gasteiger partial charge in [0.1, 0.15) is 0 Å². The van der Waals surface area contributed by atoms with E-state index < -0.39 is 22.6 Å². The van der Waals surface area contributed by atoms with Crippen LogP contribution in [0.3, 0.4) is 0 Å². The Hall–Kier alpha value is -1.16. The van der Waals surface area contributed by atoms with Crippen molar-refractivity contribution in [3.05, 3.63) is 26.0 Å². The van der Waals surface area contributed by atoms with Gasteiger partial charge in [0.15, 0.2) is 5.75 Å². The summed E-state index contributed by atoms with van der Waals surface area (Å²) >= 11 is 0. The van der Waals surface area contributed by atoms with Gasteiger partial charge in [-0.3, -0.25) is 9.59 Å². The summed E-state index contributed by atoms with van der Waals surface area (Å²) in [6, 6.07) is -0.532. The lowest BCUT2D eigenvalue weighted by Crippen LogP contribution is -2.39. The summed E-state index contributed by atoms with van der Waals surface area (Å²) in [6.07, 6.45) is 0. The third kappa shape index (κ3) is 1.04. The minimum absolute atomic E-state index is 0.0409. The van der Waals surface area contributed by atoms with E-state index >= 15 is 0 Å². The summed E-state index contributed by atoms with van der Waals surface area (Å²) in [7, 11) is 0. The van der Waals surface area contributed by atoms with Gasteiger partial charge in [0.2, 0.25) is 5.43 Å². The molecule has 1 atom stereocenters. The van der Waals surface area contributed by atoms with Gasteiger partial charge in [-0.2, -0.15) is 0 Å². The zero-order valence-corrected chi connectivity index (χ0v) is 7.00. The van der Waals surface area contributed by atoms with Gasteiger partial charge in [-0.1, -0.05) is 13.8 Å². The number of hydrogen-bond donors (Lipinski definition) is 2. The second-order valence-corrected chi connectivity index (χ2v) is 3.19. The van der Waals surface area contributed by atoms with Gasteiger partial charge in [0.25, 0.3) is 5.43 Å². The minimum Gasteiger partial charge on any atom is -0.504 e. The second kappa shape index (κ2) is 2.71. The zero-order valence-electron chi connectivity index (χ0n) is 7.00. The number of rotatable bonds is 2. The molecule has 1 aromatic carbocycles. The van der Waals surface area contributed by atoms with Crippen LogP contribution in [0.25, 0.3) is 0 Å². The Morgan fingerprint density at radius 2 is 1.75 bits per heavy atom. The molecule has 4 heteroatoms. The molecule has 3 N–H and O–H groups in total. The molecule has 0 heterocycles. The second-order valence-electron chi connectivity index (χ2n) is 3.19. The first kappa shape index (κ1) is 8.93. The highest BCUT2D eigenvalue weighted by Gasteiger charge is 2.26. The van der Waals surface area contributed by atoms with Crippen LogP contribution < -0.4 is 16.6 Å². The fourth-order valence-corrected chi connectivity index (χ4v) is 1.04. The normalized spacial score (nSPS) is 14.0. The molecule has 0 radical (unpaired) electrons. The van der Waals surface area contributed by atoms with Crippen molar-refractivity contribution in [1.29, 1.82) is 0 Å². The van der Waals surface area contributed by atoms with Crippen molar-refractivity contribution in [1.82, 2.24) is 0 Å². The molecule has 0 unspecified atom stereocenters. The summed E-state index contributed by atoms with van der Waals surface area (Å²) in [5, 5.41) is 9.00. The van der Waals surface area contributed by atoms with Crippen LogP contribution in [-0.2, 0) is 0 Å². The highest BCUT2D eigenvalue weighted by molar-refractivity contribution is 5.40. The topological polar surface area (TPSA) is 80.4 Å². The molecule has 12 heavy (non-hydrogen) atoms. The van der Waals surface area contributed by atoms with E-state index in [1.807, 2.05) is 13.8 Å². The van der Waals surface area contributed by atoms with E-state index in [0.29, 0.717) is 0 Å². The van der Waals surface area contributed by atoms with E-state index in [2.05, 4.69) is 0 Å². The molecule has 0 saturated carbocycles. The summed E-state index contributed by atoms with van der Waals surface area (Å²) in [6.45, 7) is 3.64. The Bertz CT molecular complexity index is 360. The van der Waals surface area contributed by atoms with Gasteiger partial charge >= 0.3 is 0 Å². The number of aromatic hydroxyl groups is 1. The van der Waals surface area contributed by atoms with Crippen molar-refractivity contribution in [2.24, 2.45) is 11.7 Å². The maximum Gasteiger partial charge on any atom is 0.268 e. The number of hydrogen-bond acceptors (Lipinski definition) is 4. The summed E-state index contributed by atoms with van der Waals surface area (Å²) in [5.74, 6) is -0.416. The lowest BCUT2D eigenvalue weighted by atomic mass is 9.93. The molecular weight excluding hydrogens is 158 g/mol. The molecule has 0 fully saturated rings. The highest BCUT2D eigenvalue weighted by atomic mass is 16.3. The Morgan fingerprint density at radius 3 is 2.08 bits per heavy atom. The van der Waals surface area contributed by atoms with E-state index in [1.165, 1.54) is 0 Å². The van der Waals surface area contributed by atoms with Gasteiger partial charge in [-0.25, -0.2) is 0 Å². The van der Waals surface area contributed by atoms with Crippen molar-refractivity contribution in [2.75, 3.05) is 0 Å². The third-order valence-electron chi connectivity index (χ3n) is 1.97. The van der Waals surface area contributed by atoms with Gasteiger partial charge in [0.05, 0.1) is 5.56 Å². The van der Waals surface area contributed by atoms with Gasteiger partial charge < -0.3 is 10.8 Å². The standard InChI is InChI=1S/C8H11NO3/c1-3(2)5(9)4-6(10)8(12)7(4)11/h3,5,10H,9H2,1-2H3/t5-/m0/s1. The lowest BCUT2D eigenvalue weighted by molar-refractivity contribution is 0.423. The Labute approximate surface area is 69.3 Å². The summed E-state index contributed by atoms with van der Waals surface area (Å²) in [4.78, 5) is 21.5. The van der Waals surface area contributed by atoms with Crippen LogP contribution in [-0.4, -0.2) is 5.11 Å². The molecular formula is C8H11NO3. The molecule has 0 bridgehead atoms. The van der Waals surface area contributed by atoms with Gasteiger partial charge in [-0.15, -0.1) is 0 Å². The molecule has 0 aromatic heterocycles. The molecule has 0 aliphatic heterocycles. The Kier molecular flexibility index (Phi) is 2.02. The Balaban J connectivity index is 3.07. The van der Waals surface area contributed by atoms with Gasteiger partial charge in [-0.05, 0) is 5.92 Å². The molecule has 1 rings (SSSR count). The van der Waals surface area contributed by atoms with E-state index in [4.69, 9.17) is 10.8 Å². The predicted octanol–water partition coefficient (Wildman–Crippen LogP) is -0.356. The smallest absolute Gasteiger partial charge is 0.268 e. The van der Waals surface area contributed by atoms with Crippen LogP contribution >= 0.6 is 0 Å². The maximum atomic E-state index is 10.9. The van der Waals surface area contributed by atoms with Crippen LogP contribution in [0.1, 0.15) is 25.5 Å². The highest BCUT2D eigenvalue weighted by Crippen LogP contribution is 2.22. The SMILES string of the molecule is CC(C)[C@H](N)c1c(O)c(=O)c1=O. The maximum absolute atomic E-state index is 10.9. The molecule has 1 aromatic rings. The fraction of sp³-hybridized carbons (Fsp3) is 0.500. The molecule has 0 aliphatic carbocycles. The molecule has 4 nitrogen and oxygen atoms in total. The van der Waals surface area contributed by atoms with Crippen molar-refractivity contribution < 1.29 is 5.11 Å². The van der Waals surface area contributed by atoms with E-state index in [1.54, 1.807) is 0 Å². The predicted molar refractivity (Wildman–Crippen MR) is 44.8 cm³/mol. The van der Waals surface area contributed by atoms with Crippen molar-refractivity contribution in [3.63, 3.8) is 0 Å². The van der Waals surface area contributed by atoms with Crippen molar-refractivity contribution in [3.8, 4) is 5.75 Å². The molecule has 66 valence electrons. The summed E-state index contributed by atoms with van der Waals surface area (Å²) < 4.78 is 0. The van der Waals surface area contributed by atoms with Crippen LogP contribution in [0.4, 0.5) is 0 Å². The van der Waals surface area contributed by atoms with E-state index in [0.717, 1.165) is 0 Å². The fourth-order valence-electron chi connectivity index (χ4n) is 1.04. The molecule has 0 spiro atoms. The van der Waals surface area contributed by atoms with Crippen LogP contribution in [0.15, 0.2) is 9.59 Å². The van der Waals surface area contributed by atoms with Crippen LogP contribution in [0.2, 0.25) is 0 Å². The van der Waals surface area contributed by atoms with Gasteiger partial charge in [0, 0.05) is 6.04 Å². The van der Waals surface area contributed by atoms with Crippen LogP contribution in [0.5, 0.6) is 5.75 Å². The number of nitrogens with two attached hydrogens (primary N) is 1. The zero-order chi connectivity index (χ0) is 9.46. The molecule has 0 aliphatic rings. The quantitative estimate of drug-likeness (QED) is 0.592. The average molecular weight is 169 g/mol. The first-order valence-electron chi connectivity index (χ1n) is 3.74. The van der Waals surface area contributed by atoms with E-state index in [-0.39, 0.29) is 11.5 Å². The first-order valence-corrected chi connectivity index (χ1v) is 3.74. The van der Waals surface area contributed by atoms with Crippen LogP contribution in [0, 0.1) is 5.92 Å². The first-order chi connectivity index (χ1) is 5.46. The van der Waals surface area contributed by atoms with Crippen molar-refractivity contribution >= 4 is 0 Å². The third-order valence-corrected chi connectivity index (χ3v) is 1.97. The largest absolute Gasteiger partial charge is 0.504 e.